The van der Waals surface area contributed by atoms with Gasteiger partial charge in [-0.1, -0.05) is 60.2 Å². The Morgan fingerprint density at radius 1 is 1.07 bits per heavy atom. The number of nitrogens with one attached hydrogen (secondary N) is 2. The standard InChI is InChI=1S/C22H24N4O/c1-16-7-9-18(10-8-16)13-21(27)23-22-19-14-26(15-20(19)24-25-22)12-11-17-5-3-2-4-6-17/h2-10H,11-15H2,1H3,(H2,23,24,25,27). The van der Waals surface area contributed by atoms with Crippen LogP contribution in [0.15, 0.2) is 54.6 Å². The maximum absolute atomic E-state index is 12.4. The van der Waals surface area contributed by atoms with Gasteiger partial charge in [0, 0.05) is 25.2 Å². The summed E-state index contributed by atoms with van der Waals surface area (Å²) in [5, 5.41) is 10.4. The highest BCUT2D eigenvalue weighted by atomic mass is 16.1. The molecule has 2 aromatic carbocycles. The second-order valence-corrected chi connectivity index (χ2v) is 7.19. The smallest absolute Gasteiger partial charge is 0.230 e. The molecule has 0 bridgehead atoms. The molecule has 2 heterocycles. The van der Waals surface area contributed by atoms with E-state index in [4.69, 9.17) is 0 Å². The molecule has 5 nitrogen and oxygen atoms in total. The lowest BCUT2D eigenvalue weighted by atomic mass is 10.1. The fourth-order valence-electron chi connectivity index (χ4n) is 3.47. The molecular weight excluding hydrogens is 336 g/mol. The van der Waals surface area contributed by atoms with E-state index >= 15 is 0 Å². The molecule has 2 N–H and O–H groups in total. The maximum Gasteiger partial charge on any atom is 0.230 e. The normalized spacial score (nSPS) is 13.5. The molecule has 0 fully saturated rings. The van der Waals surface area contributed by atoms with Crippen molar-refractivity contribution in [2.45, 2.75) is 32.9 Å². The molecule has 138 valence electrons. The molecular formula is C22H24N4O. The SMILES string of the molecule is Cc1ccc(CC(=O)Nc2n[nH]c3c2CN(CCc2ccccc2)C3)cc1. The van der Waals surface area contributed by atoms with E-state index in [1.165, 1.54) is 11.1 Å². The number of rotatable bonds is 6. The second-order valence-electron chi connectivity index (χ2n) is 7.19. The van der Waals surface area contributed by atoms with Crippen LogP contribution in [0.25, 0.3) is 0 Å². The quantitative estimate of drug-likeness (QED) is 0.708. The number of aromatic nitrogens is 2. The molecule has 27 heavy (non-hydrogen) atoms. The largest absolute Gasteiger partial charge is 0.309 e. The molecule has 0 saturated heterocycles. The van der Waals surface area contributed by atoms with Crippen molar-refractivity contribution in [3.8, 4) is 0 Å². The van der Waals surface area contributed by atoms with Gasteiger partial charge >= 0.3 is 0 Å². The molecule has 0 unspecified atom stereocenters. The van der Waals surface area contributed by atoms with E-state index in [2.05, 4.69) is 44.7 Å². The van der Waals surface area contributed by atoms with Gasteiger partial charge in [-0.2, -0.15) is 5.10 Å². The number of amides is 1. The third kappa shape index (κ3) is 4.26. The van der Waals surface area contributed by atoms with Crippen LogP contribution in [0.2, 0.25) is 0 Å². The maximum atomic E-state index is 12.4. The van der Waals surface area contributed by atoms with Gasteiger partial charge < -0.3 is 5.32 Å². The lowest BCUT2D eigenvalue weighted by Gasteiger charge is -2.15. The van der Waals surface area contributed by atoms with Crippen LogP contribution in [0, 0.1) is 6.92 Å². The van der Waals surface area contributed by atoms with Crippen molar-refractivity contribution >= 4 is 11.7 Å². The topological polar surface area (TPSA) is 61.0 Å². The first-order valence-electron chi connectivity index (χ1n) is 9.35. The van der Waals surface area contributed by atoms with Crippen molar-refractivity contribution in [1.82, 2.24) is 15.1 Å². The third-order valence-corrected chi connectivity index (χ3v) is 5.02. The second kappa shape index (κ2) is 7.76. The molecule has 1 aromatic heterocycles. The van der Waals surface area contributed by atoms with E-state index in [0.29, 0.717) is 12.2 Å². The van der Waals surface area contributed by atoms with E-state index in [0.717, 1.165) is 42.9 Å². The lowest BCUT2D eigenvalue weighted by Crippen LogP contribution is -2.21. The van der Waals surface area contributed by atoms with Gasteiger partial charge in [0.1, 0.15) is 0 Å². The molecule has 1 aliphatic heterocycles. The Kier molecular flexibility index (Phi) is 5.03. The van der Waals surface area contributed by atoms with Crippen LogP contribution in [0.1, 0.15) is 27.9 Å². The lowest BCUT2D eigenvalue weighted by molar-refractivity contribution is -0.115. The van der Waals surface area contributed by atoms with Gasteiger partial charge in [-0.25, -0.2) is 0 Å². The zero-order valence-electron chi connectivity index (χ0n) is 15.5. The number of anilines is 1. The zero-order valence-corrected chi connectivity index (χ0v) is 15.5. The van der Waals surface area contributed by atoms with Crippen molar-refractivity contribution < 1.29 is 4.79 Å². The fraction of sp³-hybridized carbons (Fsp3) is 0.273. The summed E-state index contributed by atoms with van der Waals surface area (Å²) in [6.07, 6.45) is 1.38. The number of carbonyl (C=O) groups is 1. The minimum Gasteiger partial charge on any atom is -0.309 e. The van der Waals surface area contributed by atoms with Crippen molar-refractivity contribution in [2.24, 2.45) is 0 Å². The molecule has 0 atom stereocenters. The Hall–Kier alpha value is -2.92. The molecule has 1 aliphatic rings. The van der Waals surface area contributed by atoms with Gasteiger partial charge in [-0.05, 0) is 24.5 Å². The number of hydrogen-bond acceptors (Lipinski definition) is 3. The van der Waals surface area contributed by atoms with E-state index in [9.17, 15) is 4.79 Å². The Labute approximate surface area is 159 Å². The summed E-state index contributed by atoms with van der Waals surface area (Å²) in [6.45, 7) is 4.70. The highest BCUT2D eigenvalue weighted by Gasteiger charge is 2.25. The van der Waals surface area contributed by atoms with Crippen molar-refractivity contribution in [3.63, 3.8) is 0 Å². The minimum absolute atomic E-state index is 0.0316. The summed E-state index contributed by atoms with van der Waals surface area (Å²) in [6, 6.07) is 18.6. The number of nitrogens with zero attached hydrogens (tertiary/aromatic N) is 2. The van der Waals surface area contributed by atoms with Gasteiger partial charge in [0.05, 0.1) is 12.1 Å². The summed E-state index contributed by atoms with van der Waals surface area (Å²) in [7, 11) is 0. The van der Waals surface area contributed by atoms with Crippen LogP contribution < -0.4 is 5.32 Å². The fourth-order valence-corrected chi connectivity index (χ4v) is 3.47. The van der Waals surface area contributed by atoms with Crippen LogP contribution in [0.4, 0.5) is 5.82 Å². The Morgan fingerprint density at radius 3 is 2.63 bits per heavy atom. The molecule has 5 heteroatoms. The molecule has 0 aliphatic carbocycles. The van der Waals surface area contributed by atoms with Crippen LogP contribution in [0.3, 0.4) is 0 Å². The van der Waals surface area contributed by atoms with Gasteiger partial charge in [0.25, 0.3) is 0 Å². The van der Waals surface area contributed by atoms with Crippen molar-refractivity contribution in [3.05, 3.63) is 82.5 Å². The van der Waals surface area contributed by atoms with Crippen molar-refractivity contribution in [2.75, 3.05) is 11.9 Å². The number of carbonyl (C=O) groups excluding carboxylic acids is 1. The molecule has 4 rings (SSSR count). The summed E-state index contributed by atoms with van der Waals surface area (Å²) in [4.78, 5) is 14.8. The number of H-pyrrole nitrogens is 1. The summed E-state index contributed by atoms with van der Waals surface area (Å²) < 4.78 is 0. The first kappa shape index (κ1) is 17.5. The molecule has 0 saturated carbocycles. The average Bonchev–Trinajstić information content (AvgIpc) is 3.24. The van der Waals surface area contributed by atoms with Crippen LogP contribution in [-0.2, 0) is 30.7 Å². The number of hydrogen-bond donors (Lipinski definition) is 2. The van der Waals surface area contributed by atoms with Gasteiger partial charge in [0.15, 0.2) is 5.82 Å². The number of aromatic amines is 1. The monoisotopic (exact) mass is 360 g/mol. The first-order chi connectivity index (χ1) is 13.2. The number of aryl methyl sites for hydroxylation is 1. The summed E-state index contributed by atoms with van der Waals surface area (Å²) in [5.41, 5.74) is 5.77. The van der Waals surface area contributed by atoms with Gasteiger partial charge in [-0.3, -0.25) is 14.8 Å². The first-order valence-corrected chi connectivity index (χ1v) is 9.35. The molecule has 3 aromatic rings. The van der Waals surface area contributed by atoms with E-state index in [-0.39, 0.29) is 5.91 Å². The van der Waals surface area contributed by atoms with E-state index in [1.807, 2.05) is 37.3 Å². The number of benzene rings is 2. The molecule has 1 amide bonds. The number of fused-ring (bicyclic) bond motifs is 1. The van der Waals surface area contributed by atoms with Gasteiger partial charge in [0.2, 0.25) is 5.91 Å². The highest BCUT2D eigenvalue weighted by Crippen LogP contribution is 2.27. The van der Waals surface area contributed by atoms with Crippen LogP contribution in [-0.4, -0.2) is 27.5 Å². The highest BCUT2D eigenvalue weighted by molar-refractivity contribution is 5.92. The van der Waals surface area contributed by atoms with E-state index in [1.54, 1.807) is 0 Å². The molecule has 0 spiro atoms. The average molecular weight is 360 g/mol. The third-order valence-electron chi connectivity index (χ3n) is 5.02. The van der Waals surface area contributed by atoms with Crippen LogP contribution >= 0.6 is 0 Å². The summed E-state index contributed by atoms with van der Waals surface area (Å²) >= 11 is 0. The Bertz CT molecular complexity index is 915. The van der Waals surface area contributed by atoms with Gasteiger partial charge in [-0.15, -0.1) is 0 Å². The predicted molar refractivity (Wildman–Crippen MR) is 106 cm³/mol. The summed E-state index contributed by atoms with van der Waals surface area (Å²) in [5.74, 6) is 0.639. The minimum atomic E-state index is -0.0316. The predicted octanol–water partition coefficient (Wildman–Crippen LogP) is 3.46. The van der Waals surface area contributed by atoms with Crippen LogP contribution in [0.5, 0.6) is 0 Å². The molecule has 0 radical (unpaired) electrons. The Balaban J connectivity index is 1.33. The zero-order chi connectivity index (χ0) is 18.6. The van der Waals surface area contributed by atoms with E-state index < -0.39 is 0 Å². The van der Waals surface area contributed by atoms with Crippen molar-refractivity contribution in [1.29, 1.82) is 0 Å². The Morgan fingerprint density at radius 2 is 1.85 bits per heavy atom.